The van der Waals surface area contributed by atoms with Crippen LogP contribution in [0.4, 0.5) is 0 Å². The van der Waals surface area contributed by atoms with E-state index in [1.54, 1.807) is 10.8 Å². The van der Waals surface area contributed by atoms with E-state index >= 15 is 0 Å². The number of carbonyl (C=O) groups is 1. The molecule has 0 spiro atoms. The Balaban J connectivity index is 3.05. The fourth-order valence-electron chi connectivity index (χ4n) is 0.710. The minimum absolute atomic E-state index is 0.278. The maximum Gasteiger partial charge on any atom is 0.272 e. The second-order valence-corrected chi connectivity index (χ2v) is 3.01. The second kappa shape index (κ2) is 3.36. The molecule has 0 radical (unpaired) electrons. The van der Waals surface area contributed by atoms with Crippen LogP contribution in [0.2, 0.25) is 0 Å². The van der Waals surface area contributed by atoms with Crippen molar-refractivity contribution in [3.05, 3.63) is 16.6 Å². The lowest BCUT2D eigenvalue weighted by atomic mass is 10.5. The van der Waals surface area contributed by atoms with Crippen molar-refractivity contribution in [3.8, 4) is 0 Å². The fraction of sp³-hybridized carbons (Fsp3) is 0.333. The summed E-state index contributed by atoms with van der Waals surface area (Å²) in [6, 6.07) is 0. The minimum atomic E-state index is -0.530. The van der Waals surface area contributed by atoms with Crippen LogP contribution in [-0.4, -0.2) is 14.8 Å². The molecule has 0 aliphatic carbocycles. The monoisotopic (exact) mass is 236 g/mol. The molecule has 0 N–H and O–H groups in total. The first kappa shape index (κ1) is 8.74. The Hall–Kier alpha value is -0.350. The molecule has 0 amide bonds. The van der Waals surface area contributed by atoms with E-state index in [2.05, 4.69) is 20.9 Å². The van der Waals surface area contributed by atoms with Crippen LogP contribution in [0, 0.1) is 0 Å². The molecule has 0 saturated carbocycles. The largest absolute Gasteiger partial charge is 0.325 e. The molecular weight excluding hydrogens is 231 g/mol. The summed E-state index contributed by atoms with van der Waals surface area (Å²) < 4.78 is 2.42. The number of nitrogens with zero attached hydrogens (tertiary/aromatic N) is 2. The number of carbonyl (C=O) groups excluding carboxylic acids is 1. The zero-order chi connectivity index (χ0) is 8.43. The van der Waals surface area contributed by atoms with Gasteiger partial charge in [-0.1, -0.05) is 0 Å². The van der Waals surface area contributed by atoms with Crippen molar-refractivity contribution in [1.29, 1.82) is 0 Å². The van der Waals surface area contributed by atoms with Crippen molar-refractivity contribution in [2.75, 3.05) is 0 Å². The van der Waals surface area contributed by atoms with Crippen molar-refractivity contribution in [1.82, 2.24) is 9.55 Å². The summed E-state index contributed by atoms with van der Waals surface area (Å²) in [6.45, 7) is 2.71. The maximum absolute atomic E-state index is 10.6. The van der Waals surface area contributed by atoms with Crippen molar-refractivity contribution >= 4 is 32.8 Å². The molecule has 0 aromatic carbocycles. The number of imidazole rings is 1. The van der Waals surface area contributed by atoms with Gasteiger partial charge in [-0.2, -0.15) is 0 Å². The van der Waals surface area contributed by atoms with Gasteiger partial charge >= 0.3 is 0 Å². The maximum atomic E-state index is 10.6. The Morgan fingerprint density at radius 1 is 1.91 bits per heavy atom. The summed E-state index contributed by atoms with van der Waals surface area (Å²) in [5, 5.41) is -0.530. The predicted molar refractivity (Wildman–Crippen MR) is 45.8 cm³/mol. The first-order chi connectivity index (χ1) is 5.15. The zero-order valence-corrected chi connectivity index (χ0v) is 8.18. The molecule has 1 aromatic heterocycles. The molecule has 1 aromatic rings. The fourth-order valence-corrected chi connectivity index (χ4v) is 1.35. The van der Waals surface area contributed by atoms with E-state index < -0.39 is 5.24 Å². The number of hydrogen-bond acceptors (Lipinski definition) is 2. The van der Waals surface area contributed by atoms with Crippen molar-refractivity contribution in [2.45, 2.75) is 13.5 Å². The molecule has 0 fully saturated rings. The van der Waals surface area contributed by atoms with E-state index in [0.717, 1.165) is 6.54 Å². The van der Waals surface area contributed by atoms with E-state index in [0.29, 0.717) is 4.73 Å². The summed E-state index contributed by atoms with van der Waals surface area (Å²) in [7, 11) is 0. The quantitative estimate of drug-likeness (QED) is 0.738. The van der Waals surface area contributed by atoms with Gasteiger partial charge in [0, 0.05) is 12.7 Å². The van der Waals surface area contributed by atoms with Gasteiger partial charge < -0.3 is 4.57 Å². The highest BCUT2D eigenvalue weighted by atomic mass is 79.9. The molecule has 1 heterocycles. The molecular formula is C6H6BrClN2O. The lowest BCUT2D eigenvalue weighted by Gasteiger charge is -1.93. The van der Waals surface area contributed by atoms with Crippen LogP contribution in [0.1, 0.15) is 17.4 Å². The lowest BCUT2D eigenvalue weighted by molar-refractivity contribution is 0.107. The topological polar surface area (TPSA) is 34.9 Å². The van der Waals surface area contributed by atoms with Crippen molar-refractivity contribution < 1.29 is 4.79 Å². The third-order valence-corrected chi connectivity index (χ3v) is 2.10. The molecule has 3 nitrogen and oxygen atoms in total. The van der Waals surface area contributed by atoms with E-state index in [1.807, 2.05) is 6.92 Å². The van der Waals surface area contributed by atoms with Crippen LogP contribution < -0.4 is 0 Å². The molecule has 0 atom stereocenters. The van der Waals surface area contributed by atoms with Gasteiger partial charge in [0.05, 0.1) is 0 Å². The Morgan fingerprint density at radius 2 is 2.55 bits per heavy atom. The number of hydrogen-bond donors (Lipinski definition) is 0. The molecule has 0 aliphatic heterocycles. The van der Waals surface area contributed by atoms with Crippen molar-refractivity contribution in [2.24, 2.45) is 0 Å². The van der Waals surface area contributed by atoms with E-state index in [-0.39, 0.29) is 5.69 Å². The molecule has 11 heavy (non-hydrogen) atoms. The first-order valence-corrected chi connectivity index (χ1v) is 4.24. The third kappa shape index (κ3) is 1.81. The van der Waals surface area contributed by atoms with Gasteiger partial charge in [0.15, 0.2) is 4.73 Å². The normalized spacial score (nSPS) is 10.1. The van der Waals surface area contributed by atoms with Gasteiger partial charge in [0.1, 0.15) is 5.69 Å². The van der Waals surface area contributed by atoms with Crippen LogP contribution in [0.5, 0.6) is 0 Å². The number of rotatable bonds is 2. The Labute approximate surface area is 77.5 Å². The van der Waals surface area contributed by atoms with Gasteiger partial charge in [-0.25, -0.2) is 4.98 Å². The van der Waals surface area contributed by atoms with Gasteiger partial charge in [0.25, 0.3) is 5.24 Å². The SMILES string of the molecule is CCn1cc(C(=O)Cl)nc1Br. The van der Waals surface area contributed by atoms with Gasteiger partial charge in [-0.3, -0.25) is 4.79 Å². The average molecular weight is 237 g/mol. The van der Waals surface area contributed by atoms with Crippen LogP contribution in [0.3, 0.4) is 0 Å². The summed E-state index contributed by atoms with van der Waals surface area (Å²) in [5.74, 6) is 0. The average Bonchev–Trinajstić information content (AvgIpc) is 2.31. The van der Waals surface area contributed by atoms with Gasteiger partial charge in [-0.15, -0.1) is 0 Å². The molecule has 0 aliphatic rings. The first-order valence-electron chi connectivity index (χ1n) is 3.07. The molecule has 5 heteroatoms. The Kier molecular flexibility index (Phi) is 2.67. The van der Waals surface area contributed by atoms with Gasteiger partial charge in [-0.05, 0) is 34.5 Å². The van der Waals surface area contributed by atoms with E-state index in [9.17, 15) is 4.79 Å². The summed E-state index contributed by atoms with van der Waals surface area (Å²) >= 11 is 8.40. The van der Waals surface area contributed by atoms with Crippen LogP contribution >= 0.6 is 27.5 Å². The van der Waals surface area contributed by atoms with Crippen LogP contribution in [-0.2, 0) is 6.54 Å². The standard InChI is InChI=1S/C6H6BrClN2O/c1-2-10-3-4(5(8)11)9-6(10)7/h3H,2H2,1H3. The highest BCUT2D eigenvalue weighted by Gasteiger charge is 2.08. The third-order valence-electron chi connectivity index (χ3n) is 1.27. The van der Waals surface area contributed by atoms with Crippen LogP contribution in [0.25, 0.3) is 0 Å². The molecule has 60 valence electrons. The highest BCUT2D eigenvalue weighted by molar-refractivity contribution is 9.10. The highest BCUT2D eigenvalue weighted by Crippen LogP contribution is 2.11. The van der Waals surface area contributed by atoms with E-state index in [4.69, 9.17) is 11.6 Å². The molecule has 0 unspecified atom stereocenters. The predicted octanol–water partition coefficient (Wildman–Crippen LogP) is 2.04. The van der Waals surface area contributed by atoms with Crippen molar-refractivity contribution in [3.63, 3.8) is 0 Å². The number of aryl methyl sites for hydroxylation is 1. The Morgan fingerprint density at radius 3 is 2.82 bits per heavy atom. The lowest BCUT2D eigenvalue weighted by Crippen LogP contribution is -1.91. The summed E-state index contributed by atoms with van der Waals surface area (Å²) in [5.41, 5.74) is 0.278. The Bertz CT molecular complexity index is 284. The molecule has 0 bridgehead atoms. The molecule has 1 rings (SSSR count). The van der Waals surface area contributed by atoms with E-state index in [1.165, 1.54) is 0 Å². The number of halogens is 2. The smallest absolute Gasteiger partial charge is 0.272 e. The zero-order valence-electron chi connectivity index (χ0n) is 5.84. The van der Waals surface area contributed by atoms with Gasteiger partial charge in [0.2, 0.25) is 0 Å². The van der Waals surface area contributed by atoms with Crippen LogP contribution in [0.15, 0.2) is 10.9 Å². The summed E-state index contributed by atoms with van der Waals surface area (Å²) in [6.07, 6.45) is 1.61. The summed E-state index contributed by atoms with van der Waals surface area (Å²) in [4.78, 5) is 14.5. The minimum Gasteiger partial charge on any atom is -0.325 e. The number of aromatic nitrogens is 2. The molecule has 0 saturated heterocycles. The second-order valence-electron chi connectivity index (χ2n) is 1.95.